The Bertz CT molecular complexity index is 1240. The van der Waals surface area contributed by atoms with Crippen LogP contribution in [0.2, 0.25) is 10.0 Å². The van der Waals surface area contributed by atoms with Crippen molar-refractivity contribution in [3.63, 3.8) is 0 Å². The van der Waals surface area contributed by atoms with E-state index in [1.54, 1.807) is 42.5 Å². The Morgan fingerprint density at radius 3 is 2.03 bits per heavy atom. The molecule has 0 atom stereocenters. The summed E-state index contributed by atoms with van der Waals surface area (Å²) in [6.07, 6.45) is 1.13. The molecular weight excluding hydrogens is 493 g/mol. The fourth-order valence-electron chi connectivity index (χ4n) is 3.99. The molecule has 1 aliphatic rings. The Kier molecular flexibility index (Phi) is 7.36. The summed E-state index contributed by atoms with van der Waals surface area (Å²) in [5.41, 5.74) is 2.87. The Hall–Kier alpha value is -2.74. The van der Waals surface area contributed by atoms with Crippen LogP contribution in [0.15, 0.2) is 72.8 Å². The third-order valence-electron chi connectivity index (χ3n) is 5.75. The molecular formula is C25H25Cl2N3O3S. The lowest BCUT2D eigenvalue weighted by atomic mass is 10.1. The Balaban J connectivity index is 1.43. The Morgan fingerprint density at radius 2 is 1.47 bits per heavy atom. The molecule has 0 bridgehead atoms. The van der Waals surface area contributed by atoms with Crippen LogP contribution in [-0.4, -0.2) is 51.7 Å². The molecule has 34 heavy (non-hydrogen) atoms. The number of sulfonamides is 1. The number of rotatable bonds is 6. The minimum atomic E-state index is -3.59. The average Bonchev–Trinajstić information content (AvgIpc) is 2.82. The minimum Gasteiger partial charge on any atom is -0.368 e. The van der Waals surface area contributed by atoms with Gasteiger partial charge in [0, 0.05) is 47.5 Å². The third-order valence-corrected chi connectivity index (χ3v) is 7.33. The standard InChI is InChI=1S/C25H25Cl2N3O3S/c1-34(32,33)30(24-16-21(26)15-22(27)17-24)18-19-7-9-20(10-8-19)25(31)29-13-11-28(12-14-29)23-5-3-2-4-6-23/h2-10,15-17H,11-14,18H2,1H3. The van der Waals surface area contributed by atoms with Gasteiger partial charge in [0.05, 0.1) is 18.5 Å². The van der Waals surface area contributed by atoms with Gasteiger partial charge in [0.1, 0.15) is 0 Å². The predicted molar refractivity (Wildman–Crippen MR) is 138 cm³/mol. The van der Waals surface area contributed by atoms with E-state index in [0.717, 1.165) is 30.6 Å². The molecule has 3 aromatic rings. The first-order valence-corrected chi connectivity index (χ1v) is 13.4. The van der Waals surface area contributed by atoms with Crippen LogP contribution in [-0.2, 0) is 16.6 Å². The van der Waals surface area contributed by atoms with Gasteiger partial charge in [-0.15, -0.1) is 0 Å². The van der Waals surface area contributed by atoms with E-state index in [1.807, 2.05) is 23.1 Å². The van der Waals surface area contributed by atoms with E-state index in [4.69, 9.17) is 23.2 Å². The van der Waals surface area contributed by atoms with Crippen LogP contribution in [0.1, 0.15) is 15.9 Å². The monoisotopic (exact) mass is 517 g/mol. The van der Waals surface area contributed by atoms with Crippen LogP contribution in [0, 0.1) is 0 Å². The van der Waals surface area contributed by atoms with Gasteiger partial charge in [-0.05, 0) is 48.0 Å². The van der Waals surface area contributed by atoms with E-state index in [0.29, 0.717) is 34.4 Å². The van der Waals surface area contributed by atoms with E-state index >= 15 is 0 Å². The number of anilines is 2. The minimum absolute atomic E-state index is 0.0270. The van der Waals surface area contributed by atoms with Crippen LogP contribution in [0.25, 0.3) is 0 Å². The fourth-order valence-corrected chi connectivity index (χ4v) is 5.38. The summed E-state index contributed by atoms with van der Waals surface area (Å²) in [4.78, 5) is 17.1. The van der Waals surface area contributed by atoms with Crippen molar-refractivity contribution in [1.82, 2.24) is 4.90 Å². The quantitative estimate of drug-likeness (QED) is 0.465. The SMILES string of the molecule is CS(=O)(=O)N(Cc1ccc(C(=O)N2CCN(c3ccccc3)CC2)cc1)c1cc(Cl)cc(Cl)c1. The molecule has 0 saturated carbocycles. The summed E-state index contributed by atoms with van der Waals surface area (Å²) < 4.78 is 26.1. The smallest absolute Gasteiger partial charge is 0.253 e. The summed E-state index contributed by atoms with van der Waals surface area (Å²) in [6.45, 7) is 2.94. The molecule has 1 heterocycles. The zero-order valence-corrected chi connectivity index (χ0v) is 21.0. The second-order valence-corrected chi connectivity index (χ2v) is 11.0. The molecule has 0 N–H and O–H groups in total. The van der Waals surface area contributed by atoms with Crippen LogP contribution in [0.4, 0.5) is 11.4 Å². The molecule has 0 radical (unpaired) electrons. The number of halogens is 2. The lowest BCUT2D eigenvalue weighted by Gasteiger charge is -2.36. The lowest BCUT2D eigenvalue weighted by Crippen LogP contribution is -2.48. The van der Waals surface area contributed by atoms with Crippen molar-refractivity contribution in [2.24, 2.45) is 0 Å². The van der Waals surface area contributed by atoms with Gasteiger partial charge in [-0.2, -0.15) is 0 Å². The van der Waals surface area contributed by atoms with Crippen molar-refractivity contribution in [2.75, 3.05) is 41.6 Å². The van der Waals surface area contributed by atoms with Crippen molar-refractivity contribution >= 4 is 50.5 Å². The molecule has 0 spiro atoms. The van der Waals surface area contributed by atoms with Crippen LogP contribution in [0.3, 0.4) is 0 Å². The van der Waals surface area contributed by atoms with E-state index in [2.05, 4.69) is 17.0 Å². The Labute approximate surface area is 210 Å². The number of benzene rings is 3. The molecule has 0 unspecified atom stereocenters. The van der Waals surface area contributed by atoms with E-state index in [-0.39, 0.29) is 12.5 Å². The zero-order chi connectivity index (χ0) is 24.3. The predicted octanol–water partition coefficient (Wildman–Crippen LogP) is 4.92. The number of para-hydroxylation sites is 1. The van der Waals surface area contributed by atoms with E-state index < -0.39 is 10.0 Å². The largest absolute Gasteiger partial charge is 0.368 e. The van der Waals surface area contributed by atoms with Gasteiger partial charge in [0.15, 0.2) is 0 Å². The summed E-state index contributed by atoms with van der Waals surface area (Å²) in [5, 5.41) is 0.703. The maximum absolute atomic E-state index is 13.0. The third kappa shape index (κ3) is 5.84. The van der Waals surface area contributed by atoms with Gasteiger partial charge >= 0.3 is 0 Å². The van der Waals surface area contributed by atoms with Gasteiger partial charge < -0.3 is 9.80 Å². The highest BCUT2D eigenvalue weighted by Gasteiger charge is 2.23. The number of carbonyl (C=O) groups excluding carboxylic acids is 1. The topological polar surface area (TPSA) is 60.9 Å². The van der Waals surface area contributed by atoms with E-state index in [9.17, 15) is 13.2 Å². The number of piperazine rings is 1. The van der Waals surface area contributed by atoms with E-state index in [1.165, 1.54) is 4.31 Å². The van der Waals surface area contributed by atoms with Crippen molar-refractivity contribution < 1.29 is 13.2 Å². The molecule has 1 saturated heterocycles. The first kappa shape index (κ1) is 24.4. The number of hydrogen-bond acceptors (Lipinski definition) is 4. The zero-order valence-electron chi connectivity index (χ0n) is 18.7. The first-order valence-electron chi connectivity index (χ1n) is 10.8. The number of hydrogen-bond donors (Lipinski definition) is 0. The van der Waals surface area contributed by atoms with Gasteiger partial charge in [0.25, 0.3) is 5.91 Å². The van der Waals surface area contributed by atoms with Crippen molar-refractivity contribution in [1.29, 1.82) is 0 Å². The molecule has 1 aliphatic heterocycles. The van der Waals surface area contributed by atoms with Crippen LogP contribution < -0.4 is 9.21 Å². The maximum Gasteiger partial charge on any atom is 0.253 e. The molecule has 9 heteroatoms. The van der Waals surface area contributed by atoms with Crippen LogP contribution in [0.5, 0.6) is 0 Å². The summed E-state index contributed by atoms with van der Waals surface area (Å²) in [5.74, 6) is -0.0270. The highest BCUT2D eigenvalue weighted by atomic mass is 35.5. The van der Waals surface area contributed by atoms with Gasteiger partial charge in [-0.25, -0.2) is 8.42 Å². The second-order valence-electron chi connectivity index (χ2n) is 8.21. The molecule has 6 nitrogen and oxygen atoms in total. The summed E-state index contributed by atoms with van der Waals surface area (Å²) >= 11 is 12.1. The molecule has 3 aromatic carbocycles. The number of amides is 1. The first-order chi connectivity index (χ1) is 16.2. The lowest BCUT2D eigenvalue weighted by molar-refractivity contribution is 0.0746. The number of nitrogens with zero attached hydrogens (tertiary/aromatic N) is 3. The van der Waals surface area contributed by atoms with Gasteiger partial charge in [-0.3, -0.25) is 9.10 Å². The molecule has 178 valence electrons. The second kappa shape index (κ2) is 10.3. The molecule has 1 amide bonds. The van der Waals surface area contributed by atoms with Gasteiger partial charge in [0.2, 0.25) is 10.0 Å². The molecule has 1 fully saturated rings. The van der Waals surface area contributed by atoms with Crippen molar-refractivity contribution in [3.05, 3.63) is 94.0 Å². The normalized spacial score (nSPS) is 14.2. The van der Waals surface area contributed by atoms with Crippen LogP contribution >= 0.6 is 23.2 Å². The summed E-state index contributed by atoms with van der Waals surface area (Å²) in [7, 11) is -3.59. The van der Waals surface area contributed by atoms with Gasteiger partial charge in [-0.1, -0.05) is 53.5 Å². The highest BCUT2D eigenvalue weighted by molar-refractivity contribution is 7.92. The Morgan fingerprint density at radius 1 is 0.882 bits per heavy atom. The number of carbonyl (C=O) groups is 1. The molecule has 4 rings (SSSR count). The average molecular weight is 518 g/mol. The highest BCUT2D eigenvalue weighted by Crippen LogP contribution is 2.28. The summed E-state index contributed by atoms with van der Waals surface area (Å²) in [6, 6.07) is 21.9. The fraction of sp³-hybridized carbons (Fsp3) is 0.240. The van der Waals surface area contributed by atoms with Crippen molar-refractivity contribution in [2.45, 2.75) is 6.54 Å². The maximum atomic E-state index is 13.0. The molecule has 0 aromatic heterocycles. The molecule has 0 aliphatic carbocycles. The van der Waals surface area contributed by atoms with Crippen molar-refractivity contribution in [3.8, 4) is 0 Å².